The molecule has 2 aromatic heterocycles. The maximum absolute atomic E-state index is 4.01. The minimum Gasteiger partial charge on any atom is -0.265 e. The summed E-state index contributed by atoms with van der Waals surface area (Å²) in [6.07, 6.45) is 5.31. The van der Waals surface area contributed by atoms with E-state index in [1.807, 2.05) is 23.6 Å². The third-order valence-corrected chi connectivity index (χ3v) is 2.85. The Morgan fingerprint density at radius 3 is 2.15 bits per heavy atom. The Labute approximate surface area is 89.8 Å². The zero-order valence-corrected chi connectivity index (χ0v) is 9.33. The zero-order valence-electron chi connectivity index (χ0n) is 6.93. The molecule has 0 unspecified atom stereocenters. The van der Waals surface area contributed by atoms with Crippen molar-refractivity contribution in [1.82, 2.24) is 9.97 Å². The number of nitrogens with zero attached hydrogens (tertiary/aromatic N) is 2. The summed E-state index contributed by atoms with van der Waals surface area (Å²) >= 11 is 4.95. The molecule has 0 N–H and O–H groups in total. The van der Waals surface area contributed by atoms with E-state index in [0.29, 0.717) is 0 Å². The second-order valence-electron chi connectivity index (χ2n) is 2.08. The first-order valence-electron chi connectivity index (χ1n) is 3.73. The molecule has 68 valence electrons. The fourth-order valence-electron chi connectivity index (χ4n) is 0.632. The molecule has 4 heteroatoms. The van der Waals surface area contributed by atoms with Crippen molar-refractivity contribution in [3.63, 3.8) is 0 Å². The zero-order chi connectivity index (χ0) is 9.36. The van der Waals surface area contributed by atoms with Crippen LogP contribution in [0.1, 0.15) is 5.01 Å². The lowest BCUT2D eigenvalue weighted by Gasteiger charge is -1.75. The van der Waals surface area contributed by atoms with Gasteiger partial charge in [-0.1, -0.05) is 22.0 Å². The molecule has 0 aliphatic carbocycles. The Hall–Kier alpha value is -0.740. The van der Waals surface area contributed by atoms with Gasteiger partial charge in [-0.3, -0.25) is 4.98 Å². The summed E-state index contributed by atoms with van der Waals surface area (Å²) in [5.74, 6) is 0. The normalized spacial score (nSPS) is 8.69. The van der Waals surface area contributed by atoms with Crippen molar-refractivity contribution < 1.29 is 0 Å². The lowest BCUT2D eigenvalue weighted by atomic mass is 10.5. The quantitative estimate of drug-likeness (QED) is 0.733. The summed E-state index contributed by atoms with van der Waals surface area (Å²) in [4.78, 5) is 7.79. The van der Waals surface area contributed by atoms with Gasteiger partial charge in [-0.25, -0.2) is 4.98 Å². The minimum absolute atomic E-state index is 0.880. The highest BCUT2D eigenvalue weighted by molar-refractivity contribution is 9.08. The van der Waals surface area contributed by atoms with Gasteiger partial charge in [0.1, 0.15) is 5.01 Å². The van der Waals surface area contributed by atoms with Gasteiger partial charge >= 0.3 is 0 Å². The highest BCUT2D eigenvalue weighted by atomic mass is 79.9. The van der Waals surface area contributed by atoms with Gasteiger partial charge in [0.15, 0.2) is 0 Å². The predicted octanol–water partition coefficient (Wildman–Crippen LogP) is 3.12. The molecule has 13 heavy (non-hydrogen) atoms. The van der Waals surface area contributed by atoms with Crippen molar-refractivity contribution in [3.8, 4) is 0 Å². The van der Waals surface area contributed by atoms with Gasteiger partial charge < -0.3 is 0 Å². The highest BCUT2D eigenvalue weighted by Gasteiger charge is 1.86. The third kappa shape index (κ3) is 4.75. The van der Waals surface area contributed by atoms with E-state index < -0.39 is 0 Å². The molecule has 0 spiro atoms. The summed E-state index contributed by atoms with van der Waals surface area (Å²) in [6.45, 7) is 0. The van der Waals surface area contributed by atoms with Crippen molar-refractivity contribution in [1.29, 1.82) is 0 Å². The molecule has 0 aromatic carbocycles. The van der Waals surface area contributed by atoms with Crippen LogP contribution in [0.25, 0.3) is 0 Å². The van der Waals surface area contributed by atoms with Crippen LogP contribution in [-0.4, -0.2) is 9.97 Å². The first-order chi connectivity index (χ1) is 6.43. The Balaban J connectivity index is 0.000000132. The monoisotopic (exact) mass is 256 g/mol. The molecule has 0 atom stereocenters. The van der Waals surface area contributed by atoms with Crippen LogP contribution in [0.15, 0.2) is 42.2 Å². The molecular formula is C9H9BrN2S. The fraction of sp³-hybridized carbons (Fsp3) is 0.111. The maximum atomic E-state index is 4.01. The number of hydrogen-bond donors (Lipinski definition) is 0. The average Bonchev–Trinajstić information content (AvgIpc) is 2.74. The fourth-order valence-corrected chi connectivity index (χ4v) is 1.64. The number of hydrogen-bond acceptors (Lipinski definition) is 3. The van der Waals surface area contributed by atoms with Gasteiger partial charge in [0.2, 0.25) is 0 Å². The Morgan fingerprint density at radius 2 is 1.92 bits per heavy atom. The Kier molecular flexibility index (Phi) is 5.36. The van der Waals surface area contributed by atoms with E-state index in [1.54, 1.807) is 29.9 Å². The molecule has 0 saturated heterocycles. The van der Waals surface area contributed by atoms with E-state index in [4.69, 9.17) is 0 Å². The lowest BCUT2D eigenvalue weighted by molar-refractivity contribution is 1.28. The summed E-state index contributed by atoms with van der Waals surface area (Å²) < 4.78 is 0. The number of pyridine rings is 1. The lowest BCUT2D eigenvalue weighted by Crippen LogP contribution is -1.66. The van der Waals surface area contributed by atoms with E-state index in [0.717, 1.165) is 10.3 Å². The molecule has 2 heterocycles. The van der Waals surface area contributed by atoms with E-state index in [1.165, 1.54) is 0 Å². The van der Waals surface area contributed by atoms with Gasteiger partial charge in [-0.2, -0.15) is 0 Å². The molecule has 0 amide bonds. The van der Waals surface area contributed by atoms with Gasteiger partial charge in [0.05, 0.1) is 5.33 Å². The van der Waals surface area contributed by atoms with E-state index in [-0.39, 0.29) is 0 Å². The number of aromatic nitrogens is 2. The van der Waals surface area contributed by atoms with Crippen molar-refractivity contribution in [2.45, 2.75) is 5.33 Å². The minimum atomic E-state index is 0.880. The van der Waals surface area contributed by atoms with Crippen LogP contribution in [-0.2, 0) is 5.33 Å². The van der Waals surface area contributed by atoms with Crippen molar-refractivity contribution in [2.24, 2.45) is 0 Å². The van der Waals surface area contributed by atoms with Gasteiger partial charge in [0, 0.05) is 24.0 Å². The third-order valence-electron chi connectivity index (χ3n) is 1.16. The van der Waals surface area contributed by atoms with Crippen molar-refractivity contribution in [3.05, 3.63) is 47.2 Å². The summed E-state index contributed by atoms with van der Waals surface area (Å²) in [5.41, 5.74) is 0. The van der Waals surface area contributed by atoms with Crippen LogP contribution in [0.4, 0.5) is 0 Å². The van der Waals surface area contributed by atoms with Crippen LogP contribution in [0.3, 0.4) is 0 Å². The van der Waals surface area contributed by atoms with Gasteiger partial charge in [0.25, 0.3) is 0 Å². The first kappa shape index (κ1) is 10.3. The average molecular weight is 257 g/mol. The SMILES string of the molecule is BrCc1nccs1.c1ccncc1. The molecule has 0 saturated carbocycles. The Bertz CT molecular complexity index is 270. The maximum Gasteiger partial charge on any atom is 0.103 e. The van der Waals surface area contributed by atoms with Crippen molar-refractivity contribution in [2.75, 3.05) is 0 Å². The number of thiazole rings is 1. The predicted molar refractivity (Wildman–Crippen MR) is 59.0 cm³/mol. The molecule has 0 radical (unpaired) electrons. The molecule has 2 rings (SSSR count). The number of alkyl halides is 1. The number of halogens is 1. The molecule has 0 aliphatic rings. The van der Waals surface area contributed by atoms with Crippen LogP contribution < -0.4 is 0 Å². The largest absolute Gasteiger partial charge is 0.265 e. The van der Waals surface area contributed by atoms with Crippen LogP contribution in [0, 0.1) is 0 Å². The highest BCUT2D eigenvalue weighted by Crippen LogP contribution is 2.06. The summed E-state index contributed by atoms with van der Waals surface area (Å²) in [6, 6.07) is 5.72. The second kappa shape index (κ2) is 6.74. The first-order valence-corrected chi connectivity index (χ1v) is 5.73. The standard InChI is InChI=1S/C5H5N.C4H4BrNS/c1-2-4-6-5-3-1;5-3-4-6-1-2-7-4/h1-5H;1-2H,3H2. The van der Waals surface area contributed by atoms with Gasteiger partial charge in [-0.05, 0) is 12.1 Å². The van der Waals surface area contributed by atoms with Gasteiger partial charge in [-0.15, -0.1) is 11.3 Å². The van der Waals surface area contributed by atoms with Crippen LogP contribution in [0.2, 0.25) is 0 Å². The Morgan fingerprint density at radius 1 is 1.15 bits per heavy atom. The molecule has 2 aromatic rings. The molecule has 0 aliphatic heterocycles. The number of rotatable bonds is 1. The van der Waals surface area contributed by atoms with Crippen LogP contribution in [0.5, 0.6) is 0 Å². The summed E-state index contributed by atoms with van der Waals surface area (Å²) in [7, 11) is 0. The van der Waals surface area contributed by atoms with E-state index in [9.17, 15) is 0 Å². The molecule has 0 fully saturated rings. The van der Waals surface area contributed by atoms with E-state index >= 15 is 0 Å². The molecular weight excluding hydrogens is 248 g/mol. The van der Waals surface area contributed by atoms with E-state index in [2.05, 4.69) is 25.9 Å². The van der Waals surface area contributed by atoms with Crippen molar-refractivity contribution >= 4 is 27.3 Å². The summed E-state index contributed by atoms with van der Waals surface area (Å²) in [5, 5.41) is 3.99. The molecule has 0 bridgehead atoms. The van der Waals surface area contributed by atoms with Crippen LogP contribution >= 0.6 is 27.3 Å². The second-order valence-corrected chi connectivity index (χ2v) is 3.62. The molecule has 2 nitrogen and oxygen atoms in total. The topological polar surface area (TPSA) is 25.8 Å². The smallest absolute Gasteiger partial charge is 0.103 e.